The molecule has 5 heteroatoms. The van der Waals surface area contributed by atoms with E-state index in [0.29, 0.717) is 46.4 Å². The predicted molar refractivity (Wildman–Crippen MR) is 61.2 cm³/mol. The van der Waals surface area contributed by atoms with Crippen molar-refractivity contribution in [1.82, 2.24) is 0 Å². The molecule has 0 aliphatic heterocycles. The fourth-order valence-corrected chi connectivity index (χ4v) is 1.78. The molecule has 0 aliphatic carbocycles. The van der Waals surface area contributed by atoms with Crippen LogP contribution in [0.1, 0.15) is 14.7 Å². The Bertz CT molecular complexity index is 189. The van der Waals surface area contributed by atoms with Gasteiger partial charge >= 0.3 is 0 Å². The molecule has 0 saturated heterocycles. The molecule has 1 atom stereocenters. The van der Waals surface area contributed by atoms with Crippen molar-refractivity contribution >= 4 is 8.15 Å². The van der Waals surface area contributed by atoms with Gasteiger partial charge in [0.15, 0.2) is 0 Å². The number of hydrogen-bond acceptors (Lipinski definition) is 4. The van der Waals surface area contributed by atoms with Crippen LogP contribution in [-0.2, 0) is 14.0 Å². The minimum absolute atomic E-state index is 0.294. The van der Waals surface area contributed by atoms with Crippen LogP contribution in [0.4, 0.5) is 0 Å². The Morgan fingerprint density at radius 2 is 2.00 bits per heavy atom. The second-order valence-corrected chi connectivity index (χ2v) is 4.78. The minimum Gasteiger partial charge on any atom is -0.379 e. The topological polar surface area (TPSA) is 51.5 Å². The molecule has 0 heterocycles. The van der Waals surface area contributed by atoms with Gasteiger partial charge in [0.1, 0.15) is 0 Å². The first-order chi connectivity index (χ1) is 7.81. The van der Waals surface area contributed by atoms with E-state index in [0.717, 1.165) is 6.16 Å². The molecular formula is C10H20NO3P. The number of hydrogen-bond donors (Lipinski definition) is 0. The summed E-state index contributed by atoms with van der Waals surface area (Å²) in [5, 5.41) is 8.38. The minimum atomic E-state index is -0.475. The first-order valence-corrected chi connectivity index (χ1v) is 6.86. The Kier molecular flexibility index (Phi) is 10.2. The third kappa shape index (κ3) is 11.7. The summed E-state index contributed by atoms with van der Waals surface area (Å²) in [6.45, 7) is 4.99. The summed E-state index contributed by atoms with van der Waals surface area (Å²) in [5.41, 5.74) is 0. The second kappa shape index (κ2) is 11.9. The molecule has 0 aromatic carbocycles. The highest BCUT2D eigenvalue weighted by Crippen LogP contribution is 2.31. The fraction of sp³-hybridized carbons (Fsp3) is 0.900. The number of ether oxygens (including phenoxy) is 2. The molecule has 0 fully saturated rings. The molecule has 0 aromatic heterocycles. The Balaban J connectivity index is 3.06. The van der Waals surface area contributed by atoms with Gasteiger partial charge < -0.3 is 14.0 Å². The van der Waals surface area contributed by atoms with E-state index in [1.54, 1.807) is 0 Å². The highest BCUT2D eigenvalue weighted by atomic mass is 31.1. The number of nitriles is 1. The van der Waals surface area contributed by atoms with Gasteiger partial charge in [0, 0.05) is 28.7 Å². The standard InChI is InChI=1S/C10H20NO3P/c1-3-12-6-7-13-8-9-14-15(2)10-4-5-11/h3-4,6-10H2,1-2H3/i1D. The lowest BCUT2D eigenvalue weighted by molar-refractivity contribution is 0.0420. The molecule has 4 nitrogen and oxygen atoms in total. The van der Waals surface area contributed by atoms with Crippen LogP contribution in [0.5, 0.6) is 0 Å². The Labute approximate surface area is 94.7 Å². The third-order valence-corrected chi connectivity index (χ3v) is 3.07. The molecule has 0 saturated carbocycles. The summed E-state index contributed by atoms with van der Waals surface area (Å²) in [7, 11) is -0.475. The van der Waals surface area contributed by atoms with E-state index in [2.05, 4.69) is 6.07 Å². The summed E-state index contributed by atoms with van der Waals surface area (Å²) in [5.74, 6) is 0. The monoisotopic (exact) mass is 234 g/mol. The molecule has 0 rings (SSSR count). The van der Waals surface area contributed by atoms with Crippen molar-refractivity contribution in [2.24, 2.45) is 0 Å². The van der Waals surface area contributed by atoms with Crippen LogP contribution in [0, 0.1) is 11.3 Å². The zero-order valence-corrected chi connectivity index (χ0v) is 10.2. The zero-order valence-electron chi connectivity index (χ0n) is 10.3. The van der Waals surface area contributed by atoms with Crippen molar-refractivity contribution in [2.45, 2.75) is 13.3 Å². The second-order valence-electron chi connectivity index (χ2n) is 2.82. The maximum Gasteiger partial charge on any atom is 0.0743 e. The van der Waals surface area contributed by atoms with Crippen LogP contribution in [0.2, 0.25) is 0 Å². The summed E-state index contributed by atoms with van der Waals surface area (Å²) in [6.07, 6.45) is 1.39. The Hall–Kier alpha value is -0.200. The number of nitrogens with zero attached hydrogens (tertiary/aromatic N) is 1. The molecule has 0 N–H and O–H groups in total. The van der Waals surface area contributed by atoms with Crippen molar-refractivity contribution in [2.75, 3.05) is 45.9 Å². The van der Waals surface area contributed by atoms with Crippen molar-refractivity contribution in [1.29, 1.82) is 5.26 Å². The van der Waals surface area contributed by atoms with Crippen molar-refractivity contribution in [3.05, 3.63) is 0 Å². The van der Waals surface area contributed by atoms with Gasteiger partial charge in [0.05, 0.1) is 32.5 Å². The highest BCUT2D eigenvalue weighted by Gasteiger charge is 2.00. The summed E-state index contributed by atoms with van der Waals surface area (Å²) >= 11 is 0. The van der Waals surface area contributed by atoms with Gasteiger partial charge in [-0.1, -0.05) is 0 Å². The molecule has 88 valence electrons. The normalized spacial score (nSPS) is 13.2. The summed E-state index contributed by atoms with van der Waals surface area (Å²) < 4.78 is 22.7. The van der Waals surface area contributed by atoms with E-state index < -0.39 is 8.15 Å². The van der Waals surface area contributed by atoms with Gasteiger partial charge in [0.2, 0.25) is 0 Å². The van der Waals surface area contributed by atoms with Crippen molar-refractivity contribution in [3.8, 4) is 6.07 Å². The molecule has 0 spiro atoms. The average Bonchev–Trinajstić information content (AvgIpc) is 2.30. The fourth-order valence-electron chi connectivity index (χ4n) is 0.846. The largest absolute Gasteiger partial charge is 0.379 e. The van der Waals surface area contributed by atoms with Gasteiger partial charge in [-0.2, -0.15) is 5.26 Å². The van der Waals surface area contributed by atoms with E-state index in [1.807, 2.05) is 6.66 Å². The lowest BCUT2D eigenvalue weighted by atomic mass is 10.6. The molecule has 0 bridgehead atoms. The van der Waals surface area contributed by atoms with Crippen LogP contribution >= 0.6 is 8.15 Å². The predicted octanol–water partition coefficient (Wildman–Crippen LogP) is 2.00. The molecule has 0 aromatic rings. The van der Waals surface area contributed by atoms with Gasteiger partial charge in [-0.05, 0) is 13.6 Å². The molecule has 1 unspecified atom stereocenters. The van der Waals surface area contributed by atoms with Crippen LogP contribution in [0.15, 0.2) is 0 Å². The first-order valence-electron chi connectivity index (χ1n) is 5.67. The smallest absolute Gasteiger partial charge is 0.0743 e. The molecule has 0 radical (unpaired) electrons. The van der Waals surface area contributed by atoms with E-state index >= 15 is 0 Å². The average molecular weight is 234 g/mol. The molecule has 15 heavy (non-hydrogen) atoms. The molecule has 0 aliphatic rings. The van der Waals surface area contributed by atoms with Gasteiger partial charge in [-0.25, -0.2) is 0 Å². The molecule has 0 amide bonds. The molecular weight excluding hydrogens is 213 g/mol. The van der Waals surface area contributed by atoms with Crippen molar-refractivity contribution in [3.63, 3.8) is 0 Å². The van der Waals surface area contributed by atoms with E-state index in [9.17, 15) is 0 Å². The van der Waals surface area contributed by atoms with Crippen LogP contribution in [-0.4, -0.2) is 45.9 Å². The first kappa shape index (κ1) is 12.9. The van der Waals surface area contributed by atoms with E-state index in [1.165, 1.54) is 0 Å². The van der Waals surface area contributed by atoms with E-state index in [-0.39, 0.29) is 0 Å². The van der Waals surface area contributed by atoms with Gasteiger partial charge in [-0.3, -0.25) is 0 Å². The van der Waals surface area contributed by atoms with Gasteiger partial charge in [-0.15, -0.1) is 0 Å². The highest BCUT2D eigenvalue weighted by molar-refractivity contribution is 7.51. The lowest BCUT2D eigenvalue weighted by Crippen LogP contribution is -2.08. The maximum absolute atomic E-state index is 8.38. The van der Waals surface area contributed by atoms with E-state index in [4.69, 9.17) is 20.6 Å². The number of rotatable bonds is 10. The maximum atomic E-state index is 8.38. The summed E-state index contributed by atoms with van der Waals surface area (Å²) in [6, 6.07) is 2.10. The lowest BCUT2D eigenvalue weighted by Gasteiger charge is -2.11. The Morgan fingerprint density at radius 1 is 1.27 bits per heavy atom. The Morgan fingerprint density at radius 3 is 2.73 bits per heavy atom. The van der Waals surface area contributed by atoms with Gasteiger partial charge in [0.25, 0.3) is 0 Å². The quantitative estimate of drug-likeness (QED) is 0.428. The van der Waals surface area contributed by atoms with Crippen LogP contribution in [0.3, 0.4) is 0 Å². The SMILES string of the molecule is [2H]CCOCCOCCOP(C)CCC#N. The van der Waals surface area contributed by atoms with Crippen LogP contribution < -0.4 is 0 Å². The van der Waals surface area contributed by atoms with Crippen molar-refractivity contribution < 1.29 is 15.4 Å². The third-order valence-electron chi connectivity index (χ3n) is 1.59. The van der Waals surface area contributed by atoms with Crippen LogP contribution in [0.25, 0.3) is 0 Å². The zero-order chi connectivity index (χ0) is 12.1. The summed E-state index contributed by atoms with van der Waals surface area (Å²) in [4.78, 5) is 0.